The predicted octanol–water partition coefficient (Wildman–Crippen LogP) is -2.32. The zero-order valence-corrected chi connectivity index (χ0v) is 7.36. The first kappa shape index (κ1) is 14.0. The Morgan fingerprint density at radius 3 is 2.09 bits per heavy atom. The number of hydrogen-bond donors (Lipinski definition) is 0. The van der Waals surface area contributed by atoms with E-state index in [1.54, 1.807) is 0 Å². The largest absolute Gasteiger partial charge is 1.00 e. The summed E-state index contributed by atoms with van der Waals surface area (Å²) in [5.41, 5.74) is 0. The second-order valence-electron chi connectivity index (χ2n) is 2.01. The van der Waals surface area contributed by atoms with Gasteiger partial charge in [0.1, 0.15) is 0 Å². The van der Waals surface area contributed by atoms with E-state index < -0.39 is 16.8 Å². The fraction of sp³-hybridized carbons (Fsp3) is 1.00. The van der Waals surface area contributed by atoms with Gasteiger partial charge in [0.15, 0.2) is 0 Å². The van der Waals surface area contributed by atoms with Crippen molar-refractivity contribution in [3.8, 4) is 0 Å². The number of alkyl halides is 1. The molecule has 0 aromatic carbocycles. The molecular weight excluding hydrogens is 166 g/mol. The molecule has 0 aliphatic carbocycles. The van der Waals surface area contributed by atoms with E-state index in [2.05, 4.69) is 0 Å². The maximum absolute atomic E-state index is 11.4. The summed E-state index contributed by atoms with van der Waals surface area (Å²) in [5.74, 6) is -0.368. The first-order valence-corrected chi connectivity index (χ1v) is 4.63. The summed E-state index contributed by atoms with van der Waals surface area (Å²) in [4.78, 5) is 0. The minimum Gasteiger partial charge on any atom is -0.748 e. The summed E-state index contributed by atoms with van der Waals surface area (Å²) in [6, 6.07) is 0. The van der Waals surface area contributed by atoms with Gasteiger partial charge in [-0.25, -0.2) is 8.42 Å². The Morgan fingerprint density at radius 1 is 1.18 bits per heavy atom. The van der Waals surface area contributed by atoms with Crippen LogP contribution in [0.5, 0.6) is 0 Å². The van der Waals surface area contributed by atoms with E-state index >= 15 is 0 Å². The number of unbranched alkanes of at least 4 members (excludes halogenated alkanes) is 2. The molecule has 0 N–H and O–H groups in total. The van der Waals surface area contributed by atoms with Gasteiger partial charge in [0.25, 0.3) is 0 Å². The fourth-order valence-electron chi connectivity index (χ4n) is 0.550. The Kier molecular flexibility index (Phi) is 9.04. The third-order valence-corrected chi connectivity index (χ3v) is 1.82. The fourth-order valence-corrected chi connectivity index (χ4v) is 1.11. The topological polar surface area (TPSA) is 57.2 Å². The molecule has 0 radical (unpaired) electrons. The van der Waals surface area contributed by atoms with Crippen molar-refractivity contribution in [2.45, 2.75) is 19.3 Å². The predicted molar refractivity (Wildman–Crippen MR) is 34.4 cm³/mol. The van der Waals surface area contributed by atoms with Crippen molar-refractivity contribution in [3.63, 3.8) is 0 Å². The molecule has 0 atom stereocenters. The van der Waals surface area contributed by atoms with Gasteiger partial charge in [-0.15, -0.1) is 0 Å². The molecule has 0 spiro atoms. The molecule has 0 heterocycles. The molecule has 0 saturated heterocycles. The van der Waals surface area contributed by atoms with Crippen LogP contribution in [-0.2, 0) is 10.1 Å². The molecule has 0 fully saturated rings. The first-order valence-electron chi connectivity index (χ1n) is 3.06. The maximum Gasteiger partial charge on any atom is 1.00 e. The number of halogens is 1. The molecule has 3 nitrogen and oxygen atoms in total. The molecule has 11 heavy (non-hydrogen) atoms. The van der Waals surface area contributed by atoms with Gasteiger partial charge in [-0.05, 0) is 19.3 Å². The minimum absolute atomic E-state index is 0. The SMILES string of the molecule is O=S(=O)([O-])CCCCCF.[Li+]. The molecule has 0 aliphatic rings. The third-order valence-electron chi connectivity index (χ3n) is 1.03. The zero-order valence-electron chi connectivity index (χ0n) is 6.55. The zero-order chi connectivity index (χ0) is 8.04. The second-order valence-corrected chi connectivity index (χ2v) is 3.54. The molecule has 0 aromatic rings. The molecular formula is C5H10FLiO3S. The first-order chi connectivity index (χ1) is 4.56. The molecule has 62 valence electrons. The summed E-state index contributed by atoms with van der Waals surface area (Å²) in [7, 11) is -4.08. The average Bonchev–Trinajstić information content (AvgIpc) is 1.78. The molecule has 0 unspecified atom stereocenters. The Balaban J connectivity index is 0. The van der Waals surface area contributed by atoms with Crippen molar-refractivity contribution in [3.05, 3.63) is 0 Å². The maximum atomic E-state index is 11.4. The van der Waals surface area contributed by atoms with Gasteiger partial charge in [0.05, 0.1) is 16.8 Å². The van der Waals surface area contributed by atoms with Crippen LogP contribution in [0.15, 0.2) is 0 Å². The van der Waals surface area contributed by atoms with Gasteiger partial charge in [0.2, 0.25) is 0 Å². The summed E-state index contributed by atoms with van der Waals surface area (Å²) in [6.45, 7) is -0.446. The van der Waals surface area contributed by atoms with Crippen LogP contribution in [0, 0.1) is 0 Å². The van der Waals surface area contributed by atoms with Gasteiger partial charge in [-0.2, -0.15) is 0 Å². The van der Waals surface area contributed by atoms with Gasteiger partial charge >= 0.3 is 18.9 Å². The van der Waals surface area contributed by atoms with E-state index in [9.17, 15) is 17.4 Å². The van der Waals surface area contributed by atoms with E-state index in [4.69, 9.17) is 0 Å². The van der Waals surface area contributed by atoms with Crippen molar-refractivity contribution in [2.75, 3.05) is 12.4 Å². The van der Waals surface area contributed by atoms with Gasteiger partial charge in [0, 0.05) is 5.75 Å². The third kappa shape index (κ3) is 13.4. The molecule has 0 rings (SSSR count). The summed E-state index contributed by atoms with van der Waals surface area (Å²) >= 11 is 0. The Morgan fingerprint density at radius 2 is 1.73 bits per heavy atom. The van der Waals surface area contributed by atoms with Crippen molar-refractivity contribution < 1.29 is 36.2 Å². The van der Waals surface area contributed by atoms with Crippen LogP contribution in [0.25, 0.3) is 0 Å². The normalized spacial score (nSPS) is 10.7. The van der Waals surface area contributed by atoms with E-state index in [0.717, 1.165) is 0 Å². The van der Waals surface area contributed by atoms with E-state index in [0.29, 0.717) is 12.8 Å². The van der Waals surface area contributed by atoms with Gasteiger partial charge < -0.3 is 4.55 Å². The van der Waals surface area contributed by atoms with E-state index in [1.807, 2.05) is 0 Å². The molecule has 0 aliphatic heterocycles. The van der Waals surface area contributed by atoms with E-state index in [1.165, 1.54) is 0 Å². The van der Waals surface area contributed by atoms with Crippen molar-refractivity contribution in [1.29, 1.82) is 0 Å². The number of rotatable bonds is 5. The van der Waals surface area contributed by atoms with Crippen molar-refractivity contribution in [1.82, 2.24) is 0 Å². The summed E-state index contributed by atoms with van der Waals surface area (Å²) in [6.07, 6.45) is 1.09. The Labute approximate surface area is 78.3 Å². The molecule has 0 amide bonds. The number of hydrogen-bond acceptors (Lipinski definition) is 3. The van der Waals surface area contributed by atoms with Crippen LogP contribution in [0.3, 0.4) is 0 Å². The van der Waals surface area contributed by atoms with Crippen LogP contribution in [0.4, 0.5) is 4.39 Å². The standard InChI is InChI=1S/C5H11FO3S.Li/c6-4-2-1-3-5-10(7,8)9;/h1-5H2,(H,7,8,9);/q;+1/p-1. The molecule has 6 heteroatoms. The van der Waals surface area contributed by atoms with Crippen LogP contribution >= 0.6 is 0 Å². The Hall–Kier alpha value is 0.437. The van der Waals surface area contributed by atoms with Crippen LogP contribution < -0.4 is 18.9 Å². The van der Waals surface area contributed by atoms with Crippen molar-refractivity contribution in [2.24, 2.45) is 0 Å². The van der Waals surface area contributed by atoms with Crippen LogP contribution in [0.1, 0.15) is 19.3 Å². The quantitative estimate of drug-likeness (QED) is 0.268. The Bertz CT molecular complexity index is 169. The van der Waals surface area contributed by atoms with Gasteiger partial charge in [-0.3, -0.25) is 4.39 Å². The van der Waals surface area contributed by atoms with Gasteiger partial charge in [-0.1, -0.05) is 0 Å². The average molecular weight is 176 g/mol. The van der Waals surface area contributed by atoms with Crippen molar-refractivity contribution >= 4 is 10.1 Å². The van der Waals surface area contributed by atoms with Crippen LogP contribution in [-0.4, -0.2) is 25.4 Å². The minimum atomic E-state index is -4.08. The summed E-state index contributed by atoms with van der Waals surface area (Å²) in [5, 5.41) is 0. The molecule has 0 aromatic heterocycles. The summed E-state index contributed by atoms with van der Waals surface area (Å²) < 4.78 is 41.2. The molecule has 0 saturated carbocycles. The second kappa shape index (κ2) is 7.11. The van der Waals surface area contributed by atoms with E-state index in [-0.39, 0.29) is 31.0 Å². The van der Waals surface area contributed by atoms with Crippen LogP contribution in [0.2, 0.25) is 0 Å². The molecule has 0 bridgehead atoms. The monoisotopic (exact) mass is 176 g/mol. The smallest absolute Gasteiger partial charge is 0.748 e.